The van der Waals surface area contributed by atoms with Crippen molar-refractivity contribution in [3.63, 3.8) is 0 Å². The summed E-state index contributed by atoms with van der Waals surface area (Å²) in [7, 11) is 0. The molecule has 2 aromatic rings. The van der Waals surface area contributed by atoms with Crippen molar-refractivity contribution < 1.29 is 24.7 Å². The summed E-state index contributed by atoms with van der Waals surface area (Å²) in [5.41, 5.74) is 1.86. The molecule has 0 radical (unpaired) electrons. The lowest BCUT2D eigenvalue weighted by atomic mass is 9.99. The molecule has 2 amide bonds. The topological polar surface area (TPSA) is 120 Å². The molecule has 9 heteroatoms. The van der Waals surface area contributed by atoms with Gasteiger partial charge in [-0.3, -0.25) is 24.6 Å². The van der Waals surface area contributed by atoms with Crippen molar-refractivity contribution in [2.45, 2.75) is 38.3 Å². The maximum absolute atomic E-state index is 12.9. The van der Waals surface area contributed by atoms with Gasteiger partial charge in [0, 0.05) is 22.8 Å². The number of rotatable bonds is 7. The minimum Gasteiger partial charge on any atom is -0.507 e. The van der Waals surface area contributed by atoms with Crippen LogP contribution in [-0.4, -0.2) is 43.8 Å². The van der Waals surface area contributed by atoms with Crippen LogP contribution in [0.15, 0.2) is 47.6 Å². The Labute approximate surface area is 171 Å². The Morgan fingerprint density at radius 2 is 2.03 bits per heavy atom. The minimum absolute atomic E-state index is 0.0871. The van der Waals surface area contributed by atoms with Gasteiger partial charge in [-0.15, -0.1) is 11.3 Å². The van der Waals surface area contributed by atoms with E-state index in [2.05, 4.69) is 4.98 Å². The number of aromatic nitrogens is 1. The molecule has 1 fully saturated rings. The van der Waals surface area contributed by atoms with Crippen LogP contribution in [0.5, 0.6) is 0 Å². The van der Waals surface area contributed by atoms with E-state index in [0.717, 1.165) is 6.42 Å². The molecule has 0 aliphatic carbocycles. The van der Waals surface area contributed by atoms with Gasteiger partial charge in [0.15, 0.2) is 0 Å². The van der Waals surface area contributed by atoms with Crippen LogP contribution >= 0.6 is 11.3 Å². The molecule has 3 heterocycles. The monoisotopic (exact) mass is 415 g/mol. The number of hydroxylamine groups is 1. The van der Waals surface area contributed by atoms with E-state index in [-0.39, 0.29) is 17.8 Å². The van der Waals surface area contributed by atoms with E-state index >= 15 is 0 Å². The van der Waals surface area contributed by atoms with Crippen molar-refractivity contribution in [1.29, 1.82) is 0 Å². The molecule has 2 atom stereocenters. The summed E-state index contributed by atoms with van der Waals surface area (Å²) in [4.78, 5) is 43.9. The number of hydrogen-bond donors (Lipinski definition) is 3. The lowest BCUT2D eigenvalue weighted by Gasteiger charge is -2.31. The zero-order valence-electron chi connectivity index (χ0n) is 15.7. The molecular formula is C20H21N3O5S. The number of aliphatic hydroxyl groups is 1. The van der Waals surface area contributed by atoms with Gasteiger partial charge in [0.05, 0.1) is 5.57 Å². The number of pyridine rings is 1. The molecular weight excluding hydrogens is 394 g/mol. The number of Topliss-reactive ketones (excluding diaryl/α,β-unsaturated/α-hetero) is 1. The molecule has 29 heavy (non-hydrogen) atoms. The average Bonchev–Trinajstić information content (AvgIpc) is 3.36. The van der Waals surface area contributed by atoms with Gasteiger partial charge < -0.3 is 10.0 Å². The quantitative estimate of drug-likeness (QED) is 0.210. The van der Waals surface area contributed by atoms with Crippen LogP contribution in [0.2, 0.25) is 0 Å². The number of carbonyl (C=O) groups is 3. The molecule has 1 aliphatic heterocycles. The zero-order valence-corrected chi connectivity index (χ0v) is 16.6. The van der Waals surface area contributed by atoms with E-state index in [1.807, 2.05) is 6.92 Å². The fourth-order valence-corrected chi connectivity index (χ4v) is 4.26. The number of nitrogens with zero attached hydrogens (tertiary/aromatic N) is 2. The molecule has 152 valence electrons. The second-order valence-electron chi connectivity index (χ2n) is 6.59. The number of nitrogens with one attached hydrogen (secondary N) is 1. The zero-order chi connectivity index (χ0) is 21.0. The first kappa shape index (κ1) is 20.7. The van der Waals surface area contributed by atoms with Gasteiger partial charge >= 0.3 is 0 Å². The van der Waals surface area contributed by atoms with Crippen molar-refractivity contribution in [2.75, 3.05) is 0 Å². The smallest absolute Gasteiger partial charge is 0.296 e. The Bertz CT molecular complexity index is 927. The molecule has 0 saturated carbocycles. The first-order chi connectivity index (χ1) is 14.0. The molecule has 0 spiro atoms. The number of likely N-dealkylation sites (tertiary alicyclic amines) is 1. The standard InChI is InChI=1S/C20H21N3O5S/c1-2-3-5-13(19(26)22-28)23-16(14-6-4-11-29-14)15(18(25)20(23)27)17(24)12-7-9-21-10-8-12/h4,6-11,13,16,24,28H,2-3,5H2,1H3,(H,22,26)/b17-15+. The van der Waals surface area contributed by atoms with Crippen molar-refractivity contribution >= 4 is 34.7 Å². The van der Waals surface area contributed by atoms with E-state index in [4.69, 9.17) is 0 Å². The number of thiophene rings is 1. The van der Waals surface area contributed by atoms with Crippen LogP contribution in [0.25, 0.3) is 5.76 Å². The summed E-state index contributed by atoms with van der Waals surface area (Å²) in [5, 5.41) is 21.8. The molecule has 2 aromatic heterocycles. The number of amides is 2. The number of aliphatic hydroxyl groups excluding tert-OH is 1. The van der Waals surface area contributed by atoms with E-state index < -0.39 is 29.7 Å². The van der Waals surface area contributed by atoms with Crippen LogP contribution in [0, 0.1) is 0 Å². The fraction of sp³-hybridized carbons (Fsp3) is 0.300. The summed E-state index contributed by atoms with van der Waals surface area (Å²) in [6, 6.07) is 4.59. The molecule has 0 bridgehead atoms. The van der Waals surface area contributed by atoms with Crippen LogP contribution in [-0.2, 0) is 14.4 Å². The SMILES string of the molecule is CCCCC(C(=O)NO)N1C(=O)C(=O)/C(=C(/O)c2ccncc2)C1c1cccs1. The summed E-state index contributed by atoms with van der Waals surface area (Å²) in [6.07, 6.45) is 4.58. The Morgan fingerprint density at radius 1 is 1.31 bits per heavy atom. The Hall–Kier alpha value is -3.04. The maximum atomic E-state index is 12.9. The van der Waals surface area contributed by atoms with Gasteiger partial charge in [-0.25, -0.2) is 5.48 Å². The second-order valence-corrected chi connectivity index (χ2v) is 7.57. The normalized spacial score (nSPS) is 19.4. The predicted octanol–water partition coefficient (Wildman–Crippen LogP) is 2.63. The molecule has 2 unspecified atom stereocenters. The molecule has 0 aromatic carbocycles. The number of carbonyl (C=O) groups excluding carboxylic acids is 3. The van der Waals surface area contributed by atoms with Crippen LogP contribution in [0.4, 0.5) is 0 Å². The largest absolute Gasteiger partial charge is 0.507 e. The Morgan fingerprint density at radius 3 is 2.62 bits per heavy atom. The summed E-state index contributed by atoms with van der Waals surface area (Å²) in [5.74, 6) is -2.86. The Kier molecular flexibility index (Phi) is 6.40. The third-order valence-corrected chi connectivity index (χ3v) is 5.75. The van der Waals surface area contributed by atoms with Crippen LogP contribution in [0.1, 0.15) is 42.7 Å². The number of ketones is 1. The molecule has 3 rings (SSSR count). The molecule has 3 N–H and O–H groups in total. The summed E-state index contributed by atoms with van der Waals surface area (Å²) < 4.78 is 0. The highest BCUT2D eigenvalue weighted by molar-refractivity contribution is 7.10. The van der Waals surface area contributed by atoms with Gasteiger partial charge in [0.1, 0.15) is 17.8 Å². The molecule has 1 aliphatic rings. The van der Waals surface area contributed by atoms with Crippen molar-refractivity contribution in [3.8, 4) is 0 Å². The van der Waals surface area contributed by atoms with E-state index in [1.165, 1.54) is 40.8 Å². The van der Waals surface area contributed by atoms with Crippen molar-refractivity contribution in [3.05, 3.63) is 58.1 Å². The maximum Gasteiger partial charge on any atom is 0.296 e. The van der Waals surface area contributed by atoms with E-state index in [9.17, 15) is 24.7 Å². The third-order valence-electron chi connectivity index (χ3n) is 4.83. The second kappa shape index (κ2) is 8.97. The predicted molar refractivity (Wildman–Crippen MR) is 106 cm³/mol. The number of unbranched alkanes of at least 4 members (excludes halogenated alkanes) is 1. The highest BCUT2D eigenvalue weighted by Crippen LogP contribution is 2.42. The first-order valence-electron chi connectivity index (χ1n) is 9.19. The number of hydrogen-bond acceptors (Lipinski definition) is 7. The lowest BCUT2D eigenvalue weighted by molar-refractivity contribution is -0.147. The minimum atomic E-state index is -1.05. The summed E-state index contributed by atoms with van der Waals surface area (Å²) >= 11 is 1.31. The van der Waals surface area contributed by atoms with Gasteiger partial charge in [-0.05, 0) is 30.0 Å². The molecule has 8 nitrogen and oxygen atoms in total. The summed E-state index contributed by atoms with van der Waals surface area (Å²) in [6.45, 7) is 1.93. The highest BCUT2D eigenvalue weighted by atomic mass is 32.1. The van der Waals surface area contributed by atoms with Gasteiger partial charge in [0.25, 0.3) is 17.6 Å². The van der Waals surface area contributed by atoms with Crippen LogP contribution in [0.3, 0.4) is 0 Å². The van der Waals surface area contributed by atoms with Crippen LogP contribution < -0.4 is 5.48 Å². The van der Waals surface area contributed by atoms with Crippen molar-refractivity contribution in [1.82, 2.24) is 15.4 Å². The van der Waals surface area contributed by atoms with E-state index in [0.29, 0.717) is 16.9 Å². The van der Waals surface area contributed by atoms with E-state index in [1.54, 1.807) is 23.0 Å². The third kappa shape index (κ3) is 3.92. The molecule has 1 saturated heterocycles. The van der Waals surface area contributed by atoms with Gasteiger partial charge in [-0.2, -0.15) is 0 Å². The Balaban J connectivity index is 2.17. The van der Waals surface area contributed by atoms with Gasteiger partial charge in [-0.1, -0.05) is 25.8 Å². The lowest BCUT2D eigenvalue weighted by Crippen LogP contribution is -2.48. The van der Waals surface area contributed by atoms with Crippen molar-refractivity contribution in [2.24, 2.45) is 0 Å². The first-order valence-corrected chi connectivity index (χ1v) is 10.1. The average molecular weight is 415 g/mol. The fourth-order valence-electron chi connectivity index (χ4n) is 3.43. The van der Waals surface area contributed by atoms with Gasteiger partial charge in [0.2, 0.25) is 0 Å². The highest BCUT2D eigenvalue weighted by Gasteiger charge is 2.50.